The number of carbonyl (C=O) groups is 2. The molecule has 1 atom stereocenters. The molecule has 1 heterocycles. The minimum absolute atomic E-state index is 0.179. The number of hydrogen-bond donors (Lipinski definition) is 3. The molecule has 0 saturated carbocycles. The number of hydrogen-bond acceptors (Lipinski definition) is 4. The maximum atomic E-state index is 11.7. The molecule has 0 aromatic rings. The fourth-order valence-electron chi connectivity index (χ4n) is 1.77. The van der Waals surface area contributed by atoms with Gasteiger partial charge in [0.25, 0.3) is 10.2 Å². The molecule has 1 aliphatic rings. The topological polar surface area (TPSA) is 130 Å². The Bertz CT molecular complexity index is 427. The average molecular weight is 279 g/mol. The molecule has 1 amide bonds. The molecular formula is C9H17N3O5S. The van der Waals surface area contributed by atoms with E-state index in [1.54, 1.807) is 0 Å². The van der Waals surface area contributed by atoms with Crippen LogP contribution in [0, 0.1) is 5.92 Å². The van der Waals surface area contributed by atoms with Gasteiger partial charge >= 0.3 is 5.97 Å². The molecule has 4 N–H and O–H groups in total. The lowest BCUT2D eigenvalue weighted by Gasteiger charge is -2.29. The zero-order chi connectivity index (χ0) is 13.9. The van der Waals surface area contributed by atoms with Crippen LogP contribution in [0.5, 0.6) is 0 Å². The van der Waals surface area contributed by atoms with E-state index in [0.29, 0.717) is 12.8 Å². The summed E-state index contributed by atoms with van der Waals surface area (Å²) in [5, 5.41) is 16.0. The van der Waals surface area contributed by atoms with Crippen molar-refractivity contribution in [2.24, 2.45) is 11.1 Å². The number of nitrogens with zero attached hydrogens (tertiary/aromatic N) is 1. The van der Waals surface area contributed by atoms with Crippen molar-refractivity contribution in [2.45, 2.75) is 25.8 Å². The molecule has 0 radical (unpaired) electrons. The van der Waals surface area contributed by atoms with Gasteiger partial charge in [0.05, 0.1) is 0 Å². The molecule has 0 aromatic heterocycles. The van der Waals surface area contributed by atoms with Gasteiger partial charge in [-0.3, -0.25) is 9.59 Å². The van der Waals surface area contributed by atoms with Crippen molar-refractivity contribution in [3.05, 3.63) is 0 Å². The predicted molar refractivity (Wildman–Crippen MR) is 62.6 cm³/mol. The van der Waals surface area contributed by atoms with Crippen LogP contribution in [0.4, 0.5) is 0 Å². The first kappa shape index (κ1) is 14.9. The first-order valence-corrected chi connectivity index (χ1v) is 7.03. The van der Waals surface area contributed by atoms with E-state index in [2.05, 4.69) is 5.32 Å². The summed E-state index contributed by atoms with van der Waals surface area (Å²) in [5.41, 5.74) is 0. The highest BCUT2D eigenvalue weighted by molar-refractivity contribution is 7.86. The van der Waals surface area contributed by atoms with Crippen molar-refractivity contribution in [1.29, 1.82) is 0 Å². The number of amides is 1. The molecule has 0 unspecified atom stereocenters. The average Bonchev–Trinajstić information content (AvgIpc) is 2.27. The largest absolute Gasteiger partial charge is 0.480 e. The minimum atomic E-state index is -3.70. The second-order valence-electron chi connectivity index (χ2n) is 4.29. The van der Waals surface area contributed by atoms with Crippen molar-refractivity contribution in [2.75, 3.05) is 13.1 Å². The SMILES string of the molecule is C[C@H](NC(=O)C1CCN(S(N)(=O)=O)CC1)C(=O)O. The van der Waals surface area contributed by atoms with Gasteiger partial charge in [-0.2, -0.15) is 12.7 Å². The van der Waals surface area contributed by atoms with Gasteiger partial charge in [0.15, 0.2) is 0 Å². The maximum Gasteiger partial charge on any atom is 0.325 e. The Hall–Kier alpha value is -1.19. The first-order valence-electron chi connectivity index (χ1n) is 5.53. The lowest BCUT2D eigenvalue weighted by Crippen LogP contribution is -2.47. The Balaban J connectivity index is 2.48. The molecule has 0 bridgehead atoms. The lowest BCUT2D eigenvalue weighted by molar-refractivity contribution is -0.142. The van der Waals surface area contributed by atoms with Gasteiger partial charge in [-0.15, -0.1) is 0 Å². The Morgan fingerprint density at radius 1 is 1.39 bits per heavy atom. The van der Waals surface area contributed by atoms with Crippen LogP contribution in [-0.4, -0.2) is 48.8 Å². The summed E-state index contributed by atoms with van der Waals surface area (Å²) in [6, 6.07) is -0.950. The number of carboxylic acid groups (broad SMARTS) is 1. The van der Waals surface area contributed by atoms with Crippen molar-refractivity contribution >= 4 is 22.1 Å². The fraction of sp³-hybridized carbons (Fsp3) is 0.778. The maximum absolute atomic E-state index is 11.7. The smallest absolute Gasteiger partial charge is 0.325 e. The number of aliphatic carboxylic acids is 1. The van der Waals surface area contributed by atoms with Crippen molar-refractivity contribution in [1.82, 2.24) is 9.62 Å². The summed E-state index contributed by atoms with van der Waals surface area (Å²) in [7, 11) is -3.70. The number of nitrogens with one attached hydrogen (secondary N) is 1. The van der Waals surface area contributed by atoms with Gasteiger partial charge < -0.3 is 10.4 Å². The van der Waals surface area contributed by atoms with Crippen LogP contribution in [-0.2, 0) is 19.8 Å². The highest BCUT2D eigenvalue weighted by Crippen LogP contribution is 2.18. The van der Waals surface area contributed by atoms with E-state index in [4.69, 9.17) is 10.2 Å². The van der Waals surface area contributed by atoms with Crippen LogP contribution in [0.1, 0.15) is 19.8 Å². The Kier molecular flexibility index (Phi) is 4.65. The molecule has 8 nitrogen and oxygen atoms in total. The molecule has 104 valence electrons. The zero-order valence-corrected chi connectivity index (χ0v) is 10.8. The molecule has 9 heteroatoms. The molecule has 1 rings (SSSR count). The molecule has 18 heavy (non-hydrogen) atoms. The van der Waals surface area contributed by atoms with E-state index in [1.165, 1.54) is 6.92 Å². The van der Waals surface area contributed by atoms with E-state index in [-0.39, 0.29) is 24.9 Å². The molecule has 0 spiro atoms. The van der Waals surface area contributed by atoms with E-state index < -0.39 is 22.2 Å². The second-order valence-corrected chi connectivity index (χ2v) is 5.83. The van der Waals surface area contributed by atoms with Crippen LogP contribution in [0.2, 0.25) is 0 Å². The zero-order valence-electron chi connectivity index (χ0n) is 10.00. The number of nitrogens with two attached hydrogens (primary N) is 1. The fourth-order valence-corrected chi connectivity index (χ4v) is 2.49. The summed E-state index contributed by atoms with van der Waals surface area (Å²) >= 11 is 0. The van der Waals surface area contributed by atoms with E-state index in [0.717, 1.165) is 4.31 Å². The highest BCUT2D eigenvalue weighted by Gasteiger charge is 2.30. The summed E-state index contributed by atoms with van der Waals surface area (Å²) in [6.45, 7) is 1.73. The van der Waals surface area contributed by atoms with Crippen molar-refractivity contribution in [3.63, 3.8) is 0 Å². The van der Waals surface area contributed by atoms with Crippen LogP contribution in [0.3, 0.4) is 0 Å². The normalized spacial score (nSPS) is 20.3. The van der Waals surface area contributed by atoms with E-state index in [1.807, 2.05) is 0 Å². The number of piperidine rings is 1. The van der Waals surface area contributed by atoms with E-state index in [9.17, 15) is 18.0 Å². The number of carboxylic acids is 1. The summed E-state index contributed by atoms with van der Waals surface area (Å²) in [6.07, 6.45) is 0.684. The quantitative estimate of drug-likeness (QED) is 0.576. The Morgan fingerprint density at radius 2 is 1.89 bits per heavy atom. The second kappa shape index (κ2) is 5.63. The van der Waals surface area contributed by atoms with Crippen LogP contribution in [0.25, 0.3) is 0 Å². The molecule has 1 fully saturated rings. The minimum Gasteiger partial charge on any atom is -0.480 e. The third-order valence-electron chi connectivity index (χ3n) is 2.91. The summed E-state index contributed by atoms with van der Waals surface area (Å²) in [5.74, 6) is -1.84. The molecule has 0 aliphatic carbocycles. The first-order chi connectivity index (χ1) is 8.21. The van der Waals surface area contributed by atoms with Crippen LogP contribution in [0.15, 0.2) is 0 Å². The third kappa shape index (κ3) is 3.93. The third-order valence-corrected chi connectivity index (χ3v) is 4.00. The van der Waals surface area contributed by atoms with Crippen LogP contribution >= 0.6 is 0 Å². The highest BCUT2D eigenvalue weighted by atomic mass is 32.2. The molecular weight excluding hydrogens is 262 g/mol. The van der Waals surface area contributed by atoms with Gasteiger partial charge in [-0.1, -0.05) is 0 Å². The summed E-state index contributed by atoms with van der Waals surface area (Å²) in [4.78, 5) is 22.3. The van der Waals surface area contributed by atoms with Gasteiger partial charge in [-0.05, 0) is 19.8 Å². The molecule has 1 aliphatic heterocycles. The van der Waals surface area contributed by atoms with Crippen molar-refractivity contribution in [3.8, 4) is 0 Å². The Labute approximate surface area is 105 Å². The summed E-state index contributed by atoms with van der Waals surface area (Å²) < 4.78 is 23.2. The van der Waals surface area contributed by atoms with Gasteiger partial charge in [-0.25, -0.2) is 5.14 Å². The molecule has 0 aromatic carbocycles. The van der Waals surface area contributed by atoms with E-state index >= 15 is 0 Å². The van der Waals surface area contributed by atoms with Crippen molar-refractivity contribution < 1.29 is 23.1 Å². The predicted octanol–water partition coefficient (Wildman–Crippen LogP) is -1.51. The lowest BCUT2D eigenvalue weighted by atomic mass is 9.97. The Morgan fingerprint density at radius 3 is 2.28 bits per heavy atom. The number of carbonyl (C=O) groups excluding carboxylic acids is 1. The van der Waals surface area contributed by atoms with Gasteiger partial charge in [0, 0.05) is 19.0 Å². The van der Waals surface area contributed by atoms with Gasteiger partial charge in [0.1, 0.15) is 6.04 Å². The monoisotopic (exact) mass is 279 g/mol. The number of rotatable bonds is 4. The van der Waals surface area contributed by atoms with Crippen LogP contribution < -0.4 is 10.5 Å². The molecule has 1 saturated heterocycles. The standard InChI is InChI=1S/C9H17N3O5S/c1-6(9(14)15)11-8(13)7-2-4-12(5-3-7)18(10,16)17/h6-7H,2-5H2,1H3,(H,11,13)(H,14,15)(H2,10,16,17)/t6-/m0/s1. The van der Waals surface area contributed by atoms with Gasteiger partial charge in [0.2, 0.25) is 5.91 Å².